The largest absolute Gasteiger partial charge is 0.486 e. The van der Waals surface area contributed by atoms with Crippen LogP contribution in [0.4, 0.5) is 0 Å². The Morgan fingerprint density at radius 3 is 2.63 bits per heavy atom. The van der Waals surface area contributed by atoms with Crippen molar-refractivity contribution in [1.29, 1.82) is 0 Å². The van der Waals surface area contributed by atoms with Gasteiger partial charge in [0.25, 0.3) is 0 Å². The van der Waals surface area contributed by atoms with Crippen molar-refractivity contribution >= 4 is 5.97 Å². The van der Waals surface area contributed by atoms with Crippen LogP contribution in [0.1, 0.15) is 27.6 Å². The van der Waals surface area contributed by atoms with Crippen LogP contribution in [0.15, 0.2) is 18.2 Å². The first-order valence-corrected chi connectivity index (χ1v) is 5.80. The van der Waals surface area contributed by atoms with Crippen molar-refractivity contribution in [2.24, 2.45) is 7.05 Å². The summed E-state index contributed by atoms with van der Waals surface area (Å²) in [5.41, 5.74) is 0.945. The van der Waals surface area contributed by atoms with Crippen LogP contribution in [0.3, 0.4) is 0 Å². The first kappa shape index (κ1) is 13.1. The Morgan fingerprint density at radius 1 is 1.37 bits per heavy atom. The second-order valence-corrected chi connectivity index (χ2v) is 4.29. The van der Waals surface area contributed by atoms with Gasteiger partial charge in [0.05, 0.1) is 5.56 Å². The molecule has 1 heterocycles. The Balaban J connectivity index is 2.10. The smallest absolute Gasteiger partial charge is 0.335 e. The Labute approximate surface area is 110 Å². The fourth-order valence-corrected chi connectivity index (χ4v) is 1.69. The number of carboxylic acids is 1. The van der Waals surface area contributed by atoms with Crippen molar-refractivity contribution < 1.29 is 14.6 Å². The molecule has 1 aromatic heterocycles. The van der Waals surface area contributed by atoms with Gasteiger partial charge in [-0.15, -0.1) is 10.2 Å². The average Bonchev–Trinajstić information content (AvgIpc) is 2.67. The Kier molecular flexibility index (Phi) is 3.50. The van der Waals surface area contributed by atoms with Crippen molar-refractivity contribution in [2.75, 3.05) is 0 Å². The molecule has 0 fully saturated rings. The van der Waals surface area contributed by atoms with E-state index in [4.69, 9.17) is 9.84 Å². The predicted molar refractivity (Wildman–Crippen MR) is 68.2 cm³/mol. The number of nitrogens with zero attached hydrogens (tertiary/aromatic N) is 3. The molecular formula is C13H15N3O3. The van der Waals surface area contributed by atoms with Gasteiger partial charge in [0.1, 0.15) is 18.2 Å². The molecule has 0 saturated heterocycles. The molecule has 0 unspecified atom stereocenters. The molecule has 0 amide bonds. The summed E-state index contributed by atoms with van der Waals surface area (Å²) in [6.07, 6.45) is 0. The number of hydrogen-bond acceptors (Lipinski definition) is 4. The van der Waals surface area contributed by atoms with Gasteiger partial charge in [-0.1, -0.05) is 0 Å². The van der Waals surface area contributed by atoms with Crippen LogP contribution in [0.5, 0.6) is 5.75 Å². The zero-order valence-corrected chi connectivity index (χ0v) is 11.0. The molecule has 1 aromatic carbocycles. The lowest BCUT2D eigenvalue weighted by Gasteiger charge is -2.08. The summed E-state index contributed by atoms with van der Waals surface area (Å²) in [6, 6.07) is 4.88. The zero-order valence-electron chi connectivity index (χ0n) is 11.0. The minimum Gasteiger partial charge on any atom is -0.486 e. The summed E-state index contributed by atoms with van der Waals surface area (Å²) in [4.78, 5) is 10.9. The molecule has 0 aliphatic heterocycles. The molecule has 0 aliphatic carbocycles. The molecule has 0 atom stereocenters. The van der Waals surface area contributed by atoms with E-state index in [0.29, 0.717) is 17.9 Å². The van der Waals surface area contributed by atoms with Crippen molar-refractivity contribution in [3.8, 4) is 5.75 Å². The lowest BCUT2D eigenvalue weighted by Crippen LogP contribution is -2.05. The van der Waals surface area contributed by atoms with E-state index in [1.807, 2.05) is 18.5 Å². The van der Waals surface area contributed by atoms with Gasteiger partial charge in [-0.3, -0.25) is 0 Å². The lowest BCUT2D eigenvalue weighted by atomic mass is 10.1. The van der Waals surface area contributed by atoms with E-state index in [9.17, 15) is 4.79 Å². The third kappa shape index (κ3) is 2.73. The van der Waals surface area contributed by atoms with Crippen LogP contribution in [-0.4, -0.2) is 25.8 Å². The quantitative estimate of drug-likeness (QED) is 0.906. The Hall–Kier alpha value is -2.37. The maximum atomic E-state index is 10.9. The molecule has 0 aliphatic rings. The van der Waals surface area contributed by atoms with E-state index in [1.54, 1.807) is 19.1 Å². The predicted octanol–water partition coefficient (Wildman–Crippen LogP) is 1.71. The number of aromatic carboxylic acids is 1. The number of rotatable bonds is 4. The fourth-order valence-electron chi connectivity index (χ4n) is 1.69. The molecule has 19 heavy (non-hydrogen) atoms. The number of carbonyl (C=O) groups is 1. The first-order chi connectivity index (χ1) is 8.99. The van der Waals surface area contributed by atoms with Crippen LogP contribution in [-0.2, 0) is 13.7 Å². The zero-order chi connectivity index (χ0) is 14.0. The maximum absolute atomic E-state index is 10.9. The van der Waals surface area contributed by atoms with Crippen LogP contribution in [0, 0.1) is 13.8 Å². The molecule has 0 saturated carbocycles. The summed E-state index contributed by atoms with van der Waals surface area (Å²) >= 11 is 0. The van der Waals surface area contributed by atoms with E-state index in [-0.39, 0.29) is 5.56 Å². The lowest BCUT2D eigenvalue weighted by molar-refractivity contribution is 0.0696. The third-order valence-corrected chi connectivity index (χ3v) is 2.98. The Morgan fingerprint density at radius 2 is 2.11 bits per heavy atom. The standard InChI is InChI=1S/C13H15N3O3/c1-8-6-10(4-5-11(8)13(17)18)19-7-12-15-14-9(2)16(12)3/h4-6H,7H2,1-3H3,(H,17,18). The SMILES string of the molecule is Cc1cc(OCc2nnc(C)n2C)ccc1C(=O)O. The second-order valence-electron chi connectivity index (χ2n) is 4.29. The normalized spacial score (nSPS) is 10.5. The number of benzene rings is 1. The highest BCUT2D eigenvalue weighted by Crippen LogP contribution is 2.18. The van der Waals surface area contributed by atoms with E-state index in [0.717, 1.165) is 11.6 Å². The van der Waals surface area contributed by atoms with Gasteiger partial charge in [-0.05, 0) is 37.6 Å². The molecular weight excluding hydrogens is 246 g/mol. The van der Waals surface area contributed by atoms with Crippen molar-refractivity contribution in [1.82, 2.24) is 14.8 Å². The molecule has 100 valence electrons. The van der Waals surface area contributed by atoms with Crippen molar-refractivity contribution in [3.63, 3.8) is 0 Å². The Bertz CT molecular complexity index is 620. The van der Waals surface area contributed by atoms with Gasteiger partial charge in [0.2, 0.25) is 0 Å². The third-order valence-electron chi connectivity index (χ3n) is 2.98. The highest BCUT2D eigenvalue weighted by molar-refractivity contribution is 5.89. The van der Waals surface area contributed by atoms with Crippen LogP contribution in [0.25, 0.3) is 0 Å². The number of hydrogen-bond donors (Lipinski definition) is 1. The van der Waals surface area contributed by atoms with Gasteiger partial charge in [0.15, 0.2) is 5.82 Å². The van der Waals surface area contributed by atoms with Crippen molar-refractivity contribution in [2.45, 2.75) is 20.5 Å². The van der Waals surface area contributed by atoms with Gasteiger partial charge in [-0.25, -0.2) is 4.79 Å². The van der Waals surface area contributed by atoms with E-state index < -0.39 is 5.97 Å². The van der Waals surface area contributed by atoms with Crippen LogP contribution in [0.2, 0.25) is 0 Å². The van der Waals surface area contributed by atoms with E-state index in [1.165, 1.54) is 6.07 Å². The monoisotopic (exact) mass is 261 g/mol. The summed E-state index contributed by atoms with van der Waals surface area (Å²) in [7, 11) is 1.87. The molecule has 0 spiro atoms. The first-order valence-electron chi connectivity index (χ1n) is 5.80. The molecule has 2 aromatic rings. The highest BCUT2D eigenvalue weighted by atomic mass is 16.5. The summed E-state index contributed by atoms with van der Waals surface area (Å²) in [6.45, 7) is 3.90. The number of aromatic nitrogens is 3. The number of aryl methyl sites for hydroxylation is 2. The molecule has 6 heteroatoms. The topological polar surface area (TPSA) is 77.2 Å². The maximum Gasteiger partial charge on any atom is 0.335 e. The van der Waals surface area contributed by atoms with E-state index in [2.05, 4.69) is 10.2 Å². The fraction of sp³-hybridized carbons (Fsp3) is 0.308. The number of ether oxygens (including phenoxy) is 1. The van der Waals surface area contributed by atoms with Gasteiger partial charge < -0.3 is 14.4 Å². The van der Waals surface area contributed by atoms with Crippen LogP contribution >= 0.6 is 0 Å². The summed E-state index contributed by atoms with van der Waals surface area (Å²) in [5, 5.41) is 16.9. The number of carboxylic acid groups (broad SMARTS) is 1. The summed E-state index contributed by atoms with van der Waals surface area (Å²) in [5.74, 6) is 1.21. The highest BCUT2D eigenvalue weighted by Gasteiger charge is 2.09. The average molecular weight is 261 g/mol. The minimum atomic E-state index is -0.937. The molecule has 6 nitrogen and oxygen atoms in total. The second kappa shape index (κ2) is 5.09. The molecule has 1 N–H and O–H groups in total. The summed E-state index contributed by atoms with van der Waals surface area (Å²) < 4.78 is 7.43. The van der Waals surface area contributed by atoms with Crippen LogP contribution < -0.4 is 4.74 Å². The van der Waals surface area contributed by atoms with Gasteiger partial charge in [-0.2, -0.15) is 0 Å². The van der Waals surface area contributed by atoms with Crippen molar-refractivity contribution in [3.05, 3.63) is 41.0 Å². The van der Waals surface area contributed by atoms with Gasteiger partial charge in [0, 0.05) is 7.05 Å². The molecule has 0 bridgehead atoms. The van der Waals surface area contributed by atoms with Gasteiger partial charge >= 0.3 is 5.97 Å². The van der Waals surface area contributed by atoms with E-state index >= 15 is 0 Å². The molecule has 2 rings (SSSR count). The minimum absolute atomic E-state index is 0.279. The molecule has 0 radical (unpaired) electrons.